The van der Waals surface area contributed by atoms with Crippen LogP contribution in [0.4, 0.5) is 0 Å². The molecule has 0 radical (unpaired) electrons. The third kappa shape index (κ3) is 3.40. The van der Waals surface area contributed by atoms with E-state index in [1.807, 2.05) is 19.1 Å². The van der Waals surface area contributed by atoms with Crippen molar-refractivity contribution in [1.29, 1.82) is 0 Å². The van der Waals surface area contributed by atoms with Crippen LogP contribution in [0.15, 0.2) is 36.7 Å². The number of halogens is 1. The summed E-state index contributed by atoms with van der Waals surface area (Å²) in [5.74, 6) is 1.16. The second-order valence-electron chi connectivity index (χ2n) is 4.09. The highest BCUT2D eigenvalue weighted by molar-refractivity contribution is 6.31. The molecule has 4 nitrogen and oxygen atoms in total. The largest absolute Gasteiger partial charge is 0.490 e. The number of para-hydroxylation sites is 1. The fourth-order valence-corrected chi connectivity index (χ4v) is 1.96. The fraction of sp³-hybridized carbons (Fsp3) is 0.267. The zero-order chi connectivity index (χ0) is 14.4. The molecule has 0 aliphatic rings. The average molecular weight is 294 g/mol. The van der Waals surface area contributed by atoms with Gasteiger partial charge >= 0.3 is 0 Å². The molecule has 106 valence electrons. The maximum atomic E-state index is 9.39. The summed E-state index contributed by atoms with van der Waals surface area (Å²) in [7, 11) is 0. The predicted molar refractivity (Wildman–Crippen MR) is 77.1 cm³/mol. The number of benzene rings is 1. The molecule has 2 rings (SSSR count). The van der Waals surface area contributed by atoms with Crippen LogP contribution in [0.2, 0.25) is 5.02 Å². The van der Waals surface area contributed by atoms with Gasteiger partial charge in [-0.05, 0) is 19.1 Å². The van der Waals surface area contributed by atoms with Gasteiger partial charge in [0.25, 0.3) is 0 Å². The van der Waals surface area contributed by atoms with Crippen molar-refractivity contribution in [3.05, 3.63) is 52.8 Å². The number of hydrogen-bond acceptors (Lipinski definition) is 4. The molecule has 5 heteroatoms. The van der Waals surface area contributed by atoms with Gasteiger partial charge in [0.15, 0.2) is 11.5 Å². The lowest BCUT2D eigenvalue weighted by atomic mass is 10.2. The molecule has 0 saturated carbocycles. The molecular formula is C15H16ClNO3. The molecule has 0 saturated heterocycles. The lowest BCUT2D eigenvalue weighted by Crippen LogP contribution is -2.03. The zero-order valence-electron chi connectivity index (χ0n) is 11.2. The van der Waals surface area contributed by atoms with E-state index in [-0.39, 0.29) is 6.61 Å². The summed E-state index contributed by atoms with van der Waals surface area (Å²) in [6.45, 7) is 2.61. The number of aliphatic hydroxyl groups excluding tert-OH is 1. The van der Waals surface area contributed by atoms with Gasteiger partial charge in [-0.1, -0.05) is 23.7 Å². The number of pyridine rings is 1. The van der Waals surface area contributed by atoms with E-state index in [9.17, 15) is 5.11 Å². The predicted octanol–water partition coefficient (Wildman–Crippen LogP) is 3.21. The van der Waals surface area contributed by atoms with Crippen LogP contribution >= 0.6 is 11.6 Å². The number of hydrogen-bond donors (Lipinski definition) is 1. The Labute approximate surface area is 122 Å². The summed E-state index contributed by atoms with van der Waals surface area (Å²) in [6, 6.07) is 7.23. The van der Waals surface area contributed by atoms with E-state index in [4.69, 9.17) is 21.1 Å². The molecular weight excluding hydrogens is 278 g/mol. The number of nitrogens with zero attached hydrogens (tertiary/aromatic N) is 1. The summed E-state index contributed by atoms with van der Waals surface area (Å²) < 4.78 is 11.3. The van der Waals surface area contributed by atoms with Crippen molar-refractivity contribution in [3.63, 3.8) is 0 Å². The number of aliphatic hydroxyl groups is 1. The average Bonchev–Trinajstić information content (AvgIpc) is 2.47. The summed E-state index contributed by atoms with van der Waals surface area (Å²) >= 11 is 6.04. The monoisotopic (exact) mass is 293 g/mol. The Balaban J connectivity index is 2.21. The minimum atomic E-state index is -0.111. The molecule has 0 aliphatic heterocycles. The van der Waals surface area contributed by atoms with Gasteiger partial charge < -0.3 is 14.6 Å². The third-order valence-corrected chi connectivity index (χ3v) is 3.10. The van der Waals surface area contributed by atoms with Crippen LogP contribution in [0.3, 0.4) is 0 Å². The van der Waals surface area contributed by atoms with Crippen LogP contribution in [-0.2, 0) is 13.2 Å². The molecule has 0 spiro atoms. The summed E-state index contributed by atoms with van der Waals surface area (Å²) in [6.07, 6.45) is 3.23. The number of rotatable bonds is 6. The van der Waals surface area contributed by atoms with Crippen molar-refractivity contribution in [2.24, 2.45) is 0 Å². The van der Waals surface area contributed by atoms with Gasteiger partial charge in [-0.3, -0.25) is 4.98 Å². The van der Waals surface area contributed by atoms with Crippen molar-refractivity contribution in [2.45, 2.75) is 20.1 Å². The lowest BCUT2D eigenvalue weighted by molar-refractivity contribution is 0.243. The molecule has 1 aromatic heterocycles. The second kappa shape index (κ2) is 7.12. The van der Waals surface area contributed by atoms with Crippen molar-refractivity contribution in [3.8, 4) is 11.5 Å². The first-order chi connectivity index (χ1) is 9.76. The highest BCUT2D eigenvalue weighted by Crippen LogP contribution is 2.32. The van der Waals surface area contributed by atoms with Crippen LogP contribution in [0.5, 0.6) is 11.5 Å². The summed E-state index contributed by atoms with van der Waals surface area (Å²) in [5.41, 5.74) is 1.51. The van der Waals surface area contributed by atoms with Gasteiger partial charge in [0.05, 0.1) is 18.2 Å². The van der Waals surface area contributed by atoms with Gasteiger partial charge in [-0.25, -0.2) is 0 Å². The molecule has 0 unspecified atom stereocenters. The third-order valence-electron chi connectivity index (χ3n) is 2.76. The highest BCUT2D eigenvalue weighted by Gasteiger charge is 2.11. The molecule has 2 aromatic rings. The van der Waals surface area contributed by atoms with Gasteiger partial charge in [0.2, 0.25) is 0 Å². The quantitative estimate of drug-likeness (QED) is 0.888. The minimum absolute atomic E-state index is 0.111. The first kappa shape index (κ1) is 14.6. The van der Waals surface area contributed by atoms with Crippen LogP contribution in [0, 0.1) is 0 Å². The van der Waals surface area contributed by atoms with Crippen molar-refractivity contribution < 1.29 is 14.6 Å². The SMILES string of the molecule is CCOc1cccc(CO)c1OCc1ccncc1Cl. The van der Waals surface area contributed by atoms with Crippen LogP contribution in [-0.4, -0.2) is 16.7 Å². The maximum Gasteiger partial charge on any atom is 0.167 e. The van der Waals surface area contributed by atoms with Gasteiger partial charge in [-0.2, -0.15) is 0 Å². The van der Waals surface area contributed by atoms with Crippen LogP contribution in [0.25, 0.3) is 0 Å². The smallest absolute Gasteiger partial charge is 0.167 e. The standard InChI is InChI=1S/C15H16ClNO3/c1-2-19-14-5-3-4-11(9-18)15(14)20-10-12-6-7-17-8-13(12)16/h3-8,18H,2,9-10H2,1H3. The maximum absolute atomic E-state index is 9.39. The Bertz CT molecular complexity index is 575. The van der Waals surface area contributed by atoms with Crippen LogP contribution < -0.4 is 9.47 Å². The van der Waals surface area contributed by atoms with E-state index >= 15 is 0 Å². The van der Waals surface area contributed by atoms with E-state index in [2.05, 4.69) is 4.98 Å². The fourth-order valence-electron chi connectivity index (χ4n) is 1.79. The van der Waals surface area contributed by atoms with Crippen LogP contribution in [0.1, 0.15) is 18.1 Å². The normalized spacial score (nSPS) is 10.3. The Morgan fingerprint density at radius 2 is 2.05 bits per heavy atom. The molecule has 0 atom stereocenters. The second-order valence-corrected chi connectivity index (χ2v) is 4.50. The first-order valence-electron chi connectivity index (χ1n) is 6.33. The van der Waals surface area contributed by atoms with E-state index in [0.717, 1.165) is 5.56 Å². The van der Waals surface area contributed by atoms with E-state index in [0.29, 0.717) is 35.3 Å². The molecule has 0 bridgehead atoms. The summed E-state index contributed by atoms with van der Waals surface area (Å²) in [4.78, 5) is 3.93. The van der Waals surface area contributed by atoms with E-state index in [1.54, 1.807) is 24.5 Å². The molecule has 0 aliphatic carbocycles. The van der Waals surface area contributed by atoms with Gasteiger partial charge in [0, 0.05) is 23.5 Å². The Kier molecular flexibility index (Phi) is 5.21. The molecule has 1 heterocycles. The van der Waals surface area contributed by atoms with Crippen molar-refractivity contribution in [1.82, 2.24) is 4.98 Å². The topological polar surface area (TPSA) is 51.6 Å². The minimum Gasteiger partial charge on any atom is -0.490 e. The van der Waals surface area contributed by atoms with E-state index < -0.39 is 0 Å². The Morgan fingerprint density at radius 3 is 2.75 bits per heavy atom. The Hall–Kier alpha value is -1.78. The van der Waals surface area contributed by atoms with Crippen molar-refractivity contribution >= 4 is 11.6 Å². The molecule has 1 N–H and O–H groups in total. The summed E-state index contributed by atoms with van der Waals surface area (Å²) in [5, 5.41) is 9.94. The van der Waals surface area contributed by atoms with Crippen molar-refractivity contribution in [2.75, 3.05) is 6.61 Å². The first-order valence-corrected chi connectivity index (χ1v) is 6.70. The molecule has 1 aromatic carbocycles. The van der Waals surface area contributed by atoms with Gasteiger partial charge in [0.1, 0.15) is 6.61 Å². The number of ether oxygens (including phenoxy) is 2. The molecule has 20 heavy (non-hydrogen) atoms. The zero-order valence-corrected chi connectivity index (χ0v) is 11.9. The highest BCUT2D eigenvalue weighted by atomic mass is 35.5. The van der Waals surface area contributed by atoms with Gasteiger partial charge in [-0.15, -0.1) is 0 Å². The lowest BCUT2D eigenvalue weighted by Gasteiger charge is -2.15. The number of aromatic nitrogens is 1. The molecule has 0 fully saturated rings. The Morgan fingerprint density at radius 1 is 1.20 bits per heavy atom. The molecule has 0 amide bonds. The van der Waals surface area contributed by atoms with E-state index in [1.165, 1.54) is 0 Å².